The summed E-state index contributed by atoms with van der Waals surface area (Å²) in [6, 6.07) is 14.7. The van der Waals surface area contributed by atoms with E-state index in [0.29, 0.717) is 18.1 Å². The summed E-state index contributed by atoms with van der Waals surface area (Å²) in [5.74, 6) is 0.724. The highest BCUT2D eigenvalue weighted by Gasteiger charge is 2.24. The van der Waals surface area contributed by atoms with Gasteiger partial charge in [-0.25, -0.2) is 4.98 Å². The van der Waals surface area contributed by atoms with Crippen LogP contribution < -0.4 is 0 Å². The molecule has 2 aromatic carbocycles. The van der Waals surface area contributed by atoms with Crippen LogP contribution in [0.2, 0.25) is 0 Å². The van der Waals surface area contributed by atoms with Gasteiger partial charge in [-0.05, 0) is 41.7 Å². The molecule has 0 atom stereocenters. The lowest BCUT2D eigenvalue weighted by atomic mass is 9.80. The smallest absolute Gasteiger partial charge is 0.140 e. The Morgan fingerprint density at radius 1 is 1.13 bits per heavy atom. The van der Waals surface area contributed by atoms with Gasteiger partial charge in [-0.15, -0.1) is 0 Å². The van der Waals surface area contributed by atoms with Gasteiger partial charge >= 0.3 is 0 Å². The highest BCUT2D eigenvalue weighted by molar-refractivity contribution is 5.84. The van der Waals surface area contributed by atoms with E-state index < -0.39 is 0 Å². The van der Waals surface area contributed by atoms with Crippen LogP contribution in [0.3, 0.4) is 0 Å². The second kappa shape index (κ2) is 5.65. The molecule has 3 heteroatoms. The van der Waals surface area contributed by atoms with E-state index in [9.17, 15) is 4.79 Å². The highest BCUT2D eigenvalue weighted by Crippen LogP contribution is 2.29. The van der Waals surface area contributed by atoms with Crippen LogP contribution in [-0.4, -0.2) is 15.3 Å². The highest BCUT2D eigenvalue weighted by atomic mass is 16.1. The zero-order chi connectivity index (χ0) is 15.8. The molecule has 0 saturated heterocycles. The molecule has 0 bridgehead atoms. The number of hydrogen-bond donors (Lipinski definition) is 0. The topological polar surface area (TPSA) is 34.9 Å². The molecular formula is C20H20N2O. The zero-order valence-corrected chi connectivity index (χ0v) is 13.3. The number of carbonyl (C=O) groups excluding carboxylic acids is 1. The van der Waals surface area contributed by atoms with Crippen molar-refractivity contribution in [3.05, 3.63) is 54.4 Å². The van der Waals surface area contributed by atoms with Crippen molar-refractivity contribution in [2.75, 3.05) is 0 Å². The average molecular weight is 304 g/mol. The van der Waals surface area contributed by atoms with Crippen molar-refractivity contribution in [1.82, 2.24) is 9.55 Å². The number of aryl methyl sites for hydroxylation is 1. The van der Waals surface area contributed by atoms with Gasteiger partial charge in [0.2, 0.25) is 0 Å². The molecule has 0 unspecified atom stereocenters. The molecule has 0 aliphatic heterocycles. The molecule has 0 N–H and O–H groups in total. The van der Waals surface area contributed by atoms with Crippen LogP contribution in [-0.2, 0) is 18.3 Å². The van der Waals surface area contributed by atoms with Gasteiger partial charge in [-0.1, -0.05) is 36.8 Å². The minimum Gasteiger partial charge on any atom is -0.334 e. The van der Waals surface area contributed by atoms with Crippen LogP contribution in [0.15, 0.2) is 48.8 Å². The molecule has 1 aliphatic carbocycles. The van der Waals surface area contributed by atoms with Crippen molar-refractivity contribution in [1.29, 1.82) is 0 Å². The van der Waals surface area contributed by atoms with Gasteiger partial charge in [-0.3, -0.25) is 4.79 Å². The van der Waals surface area contributed by atoms with Gasteiger partial charge in [0.25, 0.3) is 0 Å². The van der Waals surface area contributed by atoms with E-state index >= 15 is 0 Å². The predicted octanol–water partition coefficient (Wildman–Crippen LogP) is 4.15. The number of Topliss-reactive ketones (excluding diaryl/α,β-unsaturated/α-hetero) is 1. The maximum absolute atomic E-state index is 12.1. The normalized spacial score (nSPS) is 14.8. The molecule has 1 aliphatic rings. The number of carbonyl (C=O) groups is 1. The second-order valence-electron chi connectivity index (χ2n) is 6.53. The first-order valence-corrected chi connectivity index (χ1v) is 8.24. The molecule has 4 rings (SSSR count). The summed E-state index contributed by atoms with van der Waals surface area (Å²) in [5.41, 5.74) is 5.61. The van der Waals surface area contributed by atoms with Crippen molar-refractivity contribution < 1.29 is 4.79 Å². The molecule has 3 aromatic rings. The van der Waals surface area contributed by atoms with Crippen LogP contribution in [0.1, 0.15) is 24.8 Å². The van der Waals surface area contributed by atoms with E-state index in [0.717, 1.165) is 29.4 Å². The van der Waals surface area contributed by atoms with Crippen LogP contribution in [0.25, 0.3) is 22.2 Å². The number of ketones is 1. The standard InChI is InChI=1S/C20H20N2O/c1-22-13-21-18-10-9-17(12-19(18)22)15-7-5-14(6-8-15)11-20(23)16-3-2-4-16/h5-10,12-13,16H,2-4,11H2,1H3. The summed E-state index contributed by atoms with van der Waals surface area (Å²) < 4.78 is 2.03. The first kappa shape index (κ1) is 14.2. The largest absolute Gasteiger partial charge is 0.334 e. The first-order chi connectivity index (χ1) is 11.2. The van der Waals surface area contributed by atoms with Crippen molar-refractivity contribution in [2.24, 2.45) is 13.0 Å². The van der Waals surface area contributed by atoms with Crippen LogP contribution in [0.5, 0.6) is 0 Å². The third-order valence-corrected chi connectivity index (χ3v) is 4.95. The summed E-state index contributed by atoms with van der Waals surface area (Å²) in [6.45, 7) is 0. The van der Waals surface area contributed by atoms with E-state index in [1.54, 1.807) is 0 Å². The molecule has 3 nitrogen and oxygen atoms in total. The Hall–Kier alpha value is -2.42. The minimum absolute atomic E-state index is 0.321. The van der Waals surface area contributed by atoms with E-state index in [1.165, 1.54) is 17.5 Å². The monoisotopic (exact) mass is 304 g/mol. The molecule has 23 heavy (non-hydrogen) atoms. The SMILES string of the molecule is Cn1cnc2ccc(-c3ccc(CC(=O)C4CCC4)cc3)cc21. The van der Waals surface area contributed by atoms with Gasteiger partial charge < -0.3 is 4.57 Å². The van der Waals surface area contributed by atoms with Crippen molar-refractivity contribution >= 4 is 16.8 Å². The first-order valence-electron chi connectivity index (χ1n) is 8.24. The summed E-state index contributed by atoms with van der Waals surface area (Å²) >= 11 is 0. The van der Waals surface area contributed by atoms with E-state index in [1.807, 2.05) is 17.9 Å². The Morgan fingerprint density at radius 2 is 1.87 bits per heavy atom. The van der Waals surface area contributed by atoms with Gasteiger partial charge in [0.1, 0.15) is 5.78 Å². The Labute approximate surface area is 136 Å². The molecule has 0 amide bonds. The third-order valence-electron chi connectivity index (χ3n) is 4.95. The third kappa shape index (κ3) is 2.67. The van der Waals surface area contributed by atoms with E-state index in [4.69, 9.17) is 0 Å². The predicted molar refractivity (Wildman–Crippen MR) is 92.2 cm³/mol. The molecule has 1 aromatic heterocycles. The second-order valence-corrected chi connectivity index (χ2v) is 6.53. The molecule has 0 radical (unpaired) electrons. The van der Waals surface area contributed by atoms with Crippen molar-refractivity contribution in [3.8, 4) is 11.1 Å². The molecule has 0 spiro atoms. The Balaban J connectivity index is 1.56. The number of hydrogen-bond acceptors (Lipinski definition) is 2. The summed E-state index contributed by atoms with van der Waals surface area (Å²) in [4.78, 5) is 16.4. The summed E-state index contributed by atoms with van der Waals surface area (Å²) in [5, 5.41) is 0. The number of aromatic nitrogens is 2. The fourth-order valence-electron chi connectivity index (χ4n) is 3.20. The van der Waals surface area contributed by atoms with E-state index in [-0.39, 0.29) is 0 Å². The quantitative estimate of drug-likeness (QED) is 0.725. The van der Waals surface area contributed by atoms with Gasteiger partial charge in [0.15, 0.2) is 0 Å². The van der Waals surface area contributed by atoms with Gasteiger partial charge in [-0.2, -0.15) is 0 Å². The van der Waals surface area contributed by atoms with Crippen LogP contribution >= 0.6 is 0 Å². The van der Waals surface area contributed by atoms with Crippen LogP contribution in [0.4, 0.5) is 0 Å². The van der Waals surface area contributed by atoms with E-state index in [2.05, 4.69) is 47.4 Å². The molecule has 1 heterocycles. The maximum Gasteiger partial charge on any atom is 0.140 e. The van der Waals surface area contributed by atoms with Crippen LogP contribution in [0, 0.1) is 5.92 Å². The van der Waals surface area contributed by atoms with Gasteiger partial charge in [0.05, 0.1) is 17.4 Å². The maximum atomic E-state index is 12.1. The number of nitrogens with zero attached hydrogens (tertiary/aromatic N) is 2. The Bertz CT molecular complexity index is 857. The van der Waals surface area contributed by atoms with Crippen molar-refractivity contribution in [2.45, 2.75) is 25.7 Å². The lowest BCUT2D eigenvalue weighted by molar-refractivity contribution is -0.124. The number of imidazole rings is 1. The number of fused-ring (bicyclic) bond motifs is 1. The fraction of sp³-hybridized carbons (Fsp3) is 0.300. The number of benzene rings is 2. The molecular weight excluding hydrogens is 284 g/mol. The van der Waals surface area contributed by atoms with Gasteiger partial charge in [0, 0.05) is 19.4 Å². The average Bonchev–Trinajstić information content (AvgIpc) is 2.87. The number of rotatable bonds is 4. The molecule has 1 fully saturated rings. The lowest BCUT2D eigenvalue weighted by Gasteiger charge is -2.23. The Morgan fingerprint density at radius 3 is 2.57 bits per heavy atom. The van der Waals surface area contributed by atoms with Crippen molar-refractivity contribution in [3.63, 3.8) is 0 Å². The Kier molecular flexibility index (Phi) is 3.49. The fourth-order valence-corrected chi connectivity index (χ4v) is 3.20. The molecule has 1 saturated carbocycles. The summed E-state index contributed by atoms with van der Waals surface area (Å²) in [7, 11) is 2.01. The lowest BCUT2D eigenvalue weighted by Crippen LogP contribution is -2.23. The summed E-state index contributed by atoms with van der Waals surface area (Å²) in [6.07, 6.45) is 5.80. The minimum atomic E-state index is 0.321. The molecule has 116 valence electrons. The zero-order valence-electron chi connectivity index (χ0n) is 13.3.